The van der Waals surface area contributed by atoms with Crippen LogP contribution in [0.5, 0.6) is 17.2 Å². The van der Waals surface area contributed by atoms with E-state index in [1.807, 2.05) is 12.1 Å². The van der Waals surface area contributed by atoms with Crippen LogP contribution in [0.1, 0.15) is 10.4 Å². The van der Waals surface area contributed by atoms with Crippen molar-refractivity contribution < 1.29 is 19.0 Å². The number of benzene rings is 3. The quantitative estimate of drug-likeness (QED) is 0.224. The summed E-state index contributed by atoms with van der Waals surface area (Å²) in [6.07, 6.45) is 0. The highest BCUT2D eigenvalue weighted by Crippen LogP contribution is 2.33. The van der Waals surface area contributed by atoms with E-state index in [1.54, 1.807) is 48.5 Å². The third-order valence-corrected chi connectivity index (χ3v) is 6.33. The summed E-state index contributed by atoms with van der Waals surface area (Å²) >= 11 is 7.29. The minimum absolute atomic E-state index is 0.0628. The normalized spacial score (nSPS) is 12.2. The topological polar surface area (TPSA) is 79.7 Å². The van der Waals surface area contributed by atoms with Crippen molar-refractivity contribution in [2.75, 3.05) is 19.7 Å². The van der Waals surface area contributed by atoms with Gasteiger partial charge in [-0.15, -0.1) is 0 Å². The number of thioether (sulfide) groups is 1. The Labute approximate surface area is 197 Å². The number of aromatic nitrogens is 2. The number of nitrogens with zero attached hydrogens (tertiary/aromatic N) is 2. The van der Waals surface area contributed by atoms with E-state index < -0.39 is 0 Å². The Hall–Kier alpha value is -3.49. The molecule has 0 fully saturated rings. The molecule has 2 heterocycles. The van der Waals surface area contributed by atoms with Crippen molar-refractivity contribution in [3.05, 3.63) is 81.6 Å². The van der Waals surface area contributed by atoms with Crippen molar-refractivity contribution in [1.82, 2.24) is 9.55 Å². The van der Waals surface area contributed by atoms with Gasteiger partial charge in [0.2, 0.25) is 6.79 Å². The predicted molar refractivity (Wildman–Crippen MR) is 127 cm³/mol. The highest BCUT2D eigenvalue weighted by atomic mass is 35.5. The van der Waals surface area contributed by atoms with Crippen LogP contribution in [-0.4, -0.2) is 35.0 Å². The fourth-order valence-electron chi connectivity index (χ4n) is 3.55. The van der Waals surface area contributed by atoms with Crippen molar-refractivity contribution in [2.45, 2.75) is 5.16 Å². The summed E-state index contributed by atoms with van der Waals surface area (Å²) < 4.78 is 17.6. The molecule has 5 rings (SSSR count). The zero-order chi connectivity index (χ0) is 22.9. The summed E-state index contributed by atoms with van der Waals surface area (Å²) in [7, 11) is 1.54. The fraction of sp³-hybridized carbons (Fsp3) is 0.125. The van der Waals surface area contributed by atoms with Crippen molar-refractivity contribution >= 4 is 40.0 Å². The number of methoxy groups -OCH3 is 1. The number of fused-ring (bicyclic) bond motifs is 2. The average Bonchev–Trinajstić information content (AvgIpc) is 3.30. The number of ketones is 1. The lowest BCUT2D eigenvalue weighted by Gasteiger charge is -2.15. The van der Waals surface area contributed by atoms with Crippen LogP contribution in [0.3, 0.4) is 0 Å². The van der Waals surface area contributed by atoms with E-state index in [1.165, 1.54) is 11.7 Å². The molecule has 0 saturated carbocycles. The molecule has 1 aliphatic heterocycles. The number of carbonyl (C=O) groups excluding carboxylic acids is 1. The van der Waals surface area contributed by atoms with Gasteiger partial charge < -0.3 is 14.2 Å². The summed E-state index contributed by atoms with van der Waals surface area (Å²) in [6.45, 7) is 0.135. The van der Waals surface area contributed by atoms with E-state index in [-0.39, 0.29) is 23.9 Å². The molecule has 0 unspecified atom stereocenters. The molecule has 1 aromatic heterocycles. The second-order valence-electron chi connectivity index (χ2n) is 7.15. The van der Waals surface area contributed by atoms with Gasteiger partial charge in [0.05, 0.1) is 29.5 Å². The Morgan fingerprint density at radius 2 is 1.94 bits per heavy atom. The van der Waals surface area contributed by atoms with Gasteiger partial charge in [-0.25, -0.2) is 4.98 Å². The Morgan fingerprint density at radius 3 is 2.79 bits per heavy atom. The van der Waals surface area contributed by atoms with E-state index >= 15 is 0 Å². The lowest BCUT2D eigenvalue weighted by Crippen LogP contribution is -2.22. The first-order valence-corrected chi connectivity index (χ1v) is 11.3. The summed E-state index contributed by atoms with van der Waals surface area (Å²) in [5.41, 5.74) is 1.20. The van der Waals surface area contributed by atoms with Crippen molar-refractivity contribution in [3.8, 4) is 22.9 Å². The minimum atomic E-state index is -0.279. The van der Waals surface area contributed by atoms with Gasteiger partial charge in [-0.1, -0.05) is 35.5 Å². The molecule has 0 atom stereocenters. The number of para-hydroxylation sites is 2. The zero-order valence-electron chi connectivity index (χ0n) is 17.4. The molecule has 0 aliphatic carbocycles. The first kappa shape index (κ1) is 21.4. The smallest absolute Gasteiger partial charge is 0.266 e. The summed E-state index contributed by atoms with van der Waals surface area (Å²) in [6, 6.07) is 17.1. The highest BCUT2D eigenvalue weighted by molar-refractivity contribution is 7.99. The van der Waals surface area contributed by atoms with Gasteiger partial charge >= 0.3 is 0 Å². The van der Waals surface area contributed by atoms with Crippen LogP contribution in [0.2, 0.25) is 5.02 Å². The van der Waals surface area contributed by atoms with E-state index in [0.29, 0.717) is 49.6 Å². The standard InChI is InChI=1S/C24H17ClN2O5S/c1-30-20-5-3-2-4-18(20)27-23(29)16-8-7-15(25)11-17(16)26-24(27)33-12-19(28)14-6-9-21-22(10-14)32-13-31-21/h2-11H,12-13H2,1H3. The van der Waals surface area contributed by atoms with Crippen LogP contribution < -0.4 is 19.8 Å². The first-order valence-electron chi connectivity index (χ1n) is 9.96. The second kappa shape index (κ2) is 8.80. The van der Waals surface area contributed by atoms with Gasteiger partial charge in [0.25, 0.3) is 5.56 Å². The molecule has 9 heteroatoms. The number of ether oxygens (including phenoxy) is 3. The lowest BCUT2D eigenvalue weighted by molar-refractivity contribution is 0.102. The van der Waals surface area contributed by atoms with Gasteiger partial charge in [-0.3, -0.25) is 14.2 Å². The van der Waals surface area contributed by atoms with E-state index in [2.05, 4.69) is 4.98 Å². The number of halogens is 1. The molecule has 1 aliphatic rings. The monoisotopic (exact) mass is 480 g/mol. The molecule has 7 nitrogen and oxygen atoms in total. The number of hydrogen-bond acceptors (Lipinski definition) is 7. The van der Waals surface area contributed by atoms with Crippen LogP contribution in [0.25, 0.3) is 16.6 Å². The predicted octanol–water partition coefficient (Wildman–Crippen LogP) is 4.75. The second-order valence-corrected chi connectivity index (χ2v) is 8.53. The van der Waals surface area contributed by atoms with E-state index in [9.17, 15) is 9.59 Å². The molecule has 0 spiro atoms. The fourth-order valence-corrected chi connectivity index (χ4v) is 4.61. The molecule has 0 N–H and O–H groups in total. The van der Waals surface area contributed by atoms with Gasteiger partial charge in [-0.2, -0.15) is 0 Å². The van der Waals surface area contributed by atoms with Gasteiger partial charge in [0.1, 0.15) is 5.75 Å². The number of carbonyl (C=O) groups is 1. The van der Waals surface area contributed by atoms with Crippen molar-refractivity contribution in [2.24, 2.45) is 0 Å². The molecule has 33 heavy (non-hydrogen) atoms. The van der Waals surface area contributed by atoms with Gasteiger partial charge in [0, 0.05) is 10.6 Å². The molecule has 0 saturated heterocycles. The largest absolute Gasteiger partial charge is 0.495 e. The molecule has 0 bridgehead atoms. The maximum Gasteiger partial charge on any atom is 0.266 e. The van der Waals surface area contributed by atoms with Gasteiger partial charge in [-0.05, 0) is 48.5 Å². The van der Waals surface area contributed by atoms with Crippen LogP contribution in [-0.2, 0) is 0 Å². The summed E-state index contributed by atoms with van der Waals surface area (Å²) in [5.74, 6) is 1.59. The molecular formula is C24H17ClN2O5S. The summed E-state index contributed by atoms with van der Waals surface area (Å²) in [4.78, 5) is 31.0. The van der Waals surface area contributed by atoms with E-state index in [4.69, 9.17) is 25.8 Å². The Kier molecular flexibility index (Phi) is 5.70. The Morgan fingerprint density at radius 1 is 1.12 bits per heavy atom. The molecular weight excluding hydrogens is 464 g/mol. The van der Waals surface area contributed by atoms with Crippen LogP contribution in [0, 0.1) is 0 Å². The highest BCUT2D eigenvalue weighted by Gasteiger charge is 2.20. The molecule has 0 amide bonds. The molecule has 4 aromatic rings. The van der Waals surface area contributed by atoms with Crippen molar-refractivity contribution in [3.63, 3.8) is 0 Å². The Bertz CT molecular complexity index is 1450. The third kappa shape index (κ3) is 4.03. The zero-order valence-corrected chi connectivity index (χ0v) is 19.0. The van der Waals surface area contributed by atoms with Crippen LogP contribution in [0.15, 0.2) is 70.6 Å². The summed E-state index contributed by atoms with van der Waals surface area (Å²) in [5, 5.41) is 1.24. The Balaban J connectivity index is 1.56. The molecule has 166 valence electrons. The minimum Gasteiger partial charge on any atom is -0.495 e. The number of Topliss-reactive ketones (excluding diaryl/α,β-unsaturated/α-hetero) is 1. The maximum absolute atomic E-state index is 13.5. The first-order chi connectivity index (χ1) is 16.0. The maximum atomic E-state index is 13.5. The third-order valence-electron chi connectivity index (χ3n) is 5.15. The number of rotatable bonds is 6. The SMILES string of the molecule is COc1ccccc1-n1c(SCC(=O)c2ccc3c(c2)OCO3)nc2cc(Cl)ccc2c1=O. The van der Waals surface area contributed by atoms with E-state index in [0.717, 1.165) is 11.8 Å². The molecule has 0 radical (unpaired) electrons. The number of hydrogen-bond donors (Lipinski definition) is 0. The average molecular weight is 481 g/mol. The lowest BCUT2D eigenvalue weighted by atomic mass is 10.1. The van der Waals surface area contributed by atoms with Crippen molar-refractivity contribution in [1.29, 1.82) is 0 Å². The van der Waals surface area contributed by atoms with Crippen LogP contribution in [0.4, 0.5) is 0 Å². The van der Waals surface area contributed by atoms with Gasteiger partial charge in [0.15, 0.2) is 22.4 Å². The molecule has 3 aromatic carbocycles. The van der Waals surface area contributed by atoms with Crippen LogP contribution >= 0.6 is 23.4 Å².